The zero-order valence-corrected chi connectivity index (χ0v) is 14.4. The number of rotatable bonds is 4. The number of nitrogens with one attached hydrogen (secondary N) is 2. The van der Waals surface area contributed by atoms with Crippen molar-refractivity contribution in [2.45, 2.75) is 13.8 Å². The van der Waals surface area contributed by atoms with E-state index in [9.17, 15) is 4.79 Å². The number of anilines is 3. The van der Waals surface area contributed by atoms with Crippen LogP contribution in [0.4, 0.5) is 16.5 Å². The van der Waals surface area contributed by atoms with Crippen LogP contribution in [-0.2, 0) is 0 Å². The molecular weight excluding hydrogens is 336 g/mol. The number of hydrogen-bond donors (Lipinski definition) is 2. The van der Waals surface area contributed by atoms with Crippen LogP contribution >= 0.6 is 11.3 Å². The number of hydrogen-bond acceptors (Lipinski definition) is 7. The van der Waals surface area contributed by atoms with Gasteiger partial charge in [0, 0.05) is 17.3 Å². The van der Waals surface area contributed by atoms with Crippen LogP contribution in [0.2, 0.25) is 0 Å². The number of aryl methyl sites for hydroxylation is 2. The number of nitrogens with zero attached hydrogens (tertiary/aromatic N) is 4. The van der Waals surface area contributed by atoms with Gasteiger partial charge in [0.05, 0.1) is 28.8 Å². The van der Waals surface area contributed by atoms with Gasteiger partial charge in [-0.05, 0) is 32.0 Å². The highest BCUT2D eigenvalue weighted by atomic mass is 32.1. The zero-order valence-electron chi connectivity index (χ0n) is 13.6. The molecule has 2 N–H and O–H groups in total. The quantitative estimate of drug-likeness (QED) is 0.747. The highest BCUT2D eigenvalue weighted by Gasteiger charge is 2.16. The summed E-state index contributed by atoms with van der Waals surface area (Å²) in [6, 6.07) is 7.25. The Bertz CT molecular complexity index is 975. The third-order valence-electron chi connectivity index (χ3n) is 3.24. The van der Waals surface area contributed by atoms with Gasteiger partial charge in [0.15, 0.2) is 10.8 Å². The second-order valence-corrected chi connectivity index (χ2v) is 6.15. The van der Waals surface area contributed by atoms with Crippen LogP contribution in [-0.4, -0.2) is 20.9 Å². The summed E-state index contributed by atoms with van der Waals surface area (Å²) < 4.78 is 0. The van der Waals surface area contributed by atoms with Gasteiger partial charge in [0.25, 0.3) is 5.91 Å². The number of pyridine rings is 2. The first-order valence-electron chi connectivity index (χ1n) is 7.38. The Kier molecular flexibility index (Phi) is 4.68. The monoisotopic (exact) mass is 350 g/mol. The van der Waals surface area contributed by atoms with Crippen LogP contribution in [0.1, 0.15) is 27.4 Å². The molecule has 0 spiro atoms. The smallest absolute Gasteiger partial charge is 0.278 e. The predicted octanol–water partition coefficient (Wildman–Crippen LogP) is 3.42. The van der Waals surface area contributed by atoms with Crippen molar-refractivity contribution in [2.24, 2.45) is 0 Å². The Labute approximate surface area is 148 Å². The van der Waals surface area contributed by atoms with E-state index in [0.29, 0.717) is 22.1 Å². The molecule has 0 aliphatic heterocycles. The molecule has 0 saturated carbocycles. The van der Waals surface area contributed by atoms with Crippen LogP contribution in [0.5, 0.6) is 0 Å². The minimum atomic E-state index is -0.357. The van der Waals surface area contributed by atoms with Gasteiger partial charge in [-0.2, -0.15) is 5.26 Å². The maximum absolute atomic E-state index is 12.6. The van der Waals surface area contributed by atoms with E-state index < -0.39 is 0 Å². The molecule has 0 atom stereocenters. The SMILES string of the molecule is Cc1csc(NC(=O)c2nc(C)ccc2Nc2cncc(C#N)c2)n1. The van der Waals surface area contributed by atoms with Crippen molar-refractivity contribution in [3.63, 3.8) is 0 Å². The molecule has 7 nitrogen and oxygen atoms in total. The van der Waals surface area contributed by atoms with Crippen molar-refractivity contribution in [3.05, 3.63) is 58.6 Å². The van der Waals surface area contributed by atoms with E-state index in [0.717, 1.165) is 11.4 Å². The van der Waals surface area contributed by atoms with Gasteiger partial charge in [0.2, 0.25) is 0 Å². The van der Waals surface area contributed by atoms with Gasteiger partial charge in [-0.25, -0.2) is 9.97 Å². The standard InChI is InChI=1S/C17H14N6OS/c1-10-3-4-14(22-13-5-12(6-18)7-19-8-13)15(20-10)16(24)23-17-21-11(2)9-25-17/h3-5,7-9,22H,1-2H3,(H,21,23,24). The molecule has 0 radical (unpaired) electrons. The third-order valence-corrected chi connectivity index (χ3v) is 4.11. The highest BCUT2D eigenvalue weighted by Crippen LogP contribution is 2.22. The number of aromatic nitrogens is 3. The van der Waals surface area contributed by atoms with Crippen LogP contribution in [0.3, 0.4) is 0 Å². The lowest BCUT2D eigenvalue weighted by Gasteiger charge is -2.11. The first kappa shape index (κ1) is 16.5. The molecule has 0 aliphatic carbocycles. The summed E-state index contributed by atoms with van der Waals surface area (Å²) in [5.74, 6) is -0.357. The lowest BCUT2D eigenvalue weighted by Crippen LogP contribution is -2.16. The summed E-state index contributed by atoms with van der Waals surface area (Å²) in [4.78, 5) is 25.2. The normalized spacial score (nSPS) is 10.1. The van der Waals surface area contributed by atoms with Crippen LogP contribution in [0.25, 0.3) is 0 Å². The first-order chi connectivity index (χ1) is 12.0. The summed E-state index contributed by atoms with van der Waals surface area (Å²) in [7, 11) is 0. The lowest BCUT2D eigenvalue weighted by atomic mass is 10.2. The molecule has 3 aromatic rings. The summed E-state index contributed by atoms with van der Waals surface area (Å²) in [6.45, 7) is 3.67. The second kappa shape index (κ2) is 7.07. The van der Waals surface area contributed by atoms with Gasteiger partial charge in [-0.1, -0.05) is 0 Å². The molecule has 0 unspecified atom stereocenters. The van der Waals surface area contributed by atoms with Crippen LogP contribution in [0, 0.1) is 25.2 Å². The minimum absolute atomic E-state index is 0.246. The number of carbonyl (C=O) groups excluding carboxylic acids is 1. The topological polar surface area (TPSA) is 104 Å². The van der Waals surface area contributed by atoms with Gasteiger partial charge in [0.1, 0.15) is 6.07 Å². The predicted molar refractivity (Wildman–Crippen MR) is 96.0 cm³/mol. The molecule has 3 aromatic heterocycles. The van der Waals surface area contributed by atoms with Crippen molar-refractivity contribution in [2.75, 3.05) is 10.6 Å². The summed E-state index contributed by atoms with van der Waals surface area (Å²) in [6.07, 6.45) is 3.05. The van der Waals surface area contributed by atoms with Gasteiger partial charge in [-0.3, -0.25) is 15.1 Å². The fourth-order valence-corrected chi connectivity index (χ4v) is 2.81. The summed E-state index contributed by atoms with van der Waals surface area (Å²) in [5.41, 5.74) is 3.35. The molecule has 25 heavy (non-hydrogen) atoms. The van der Waals surface area contributed by atoms with Crippen molar-refractivity contribution >= 4 is 33.8 Å². The Balaban J connectivity index is 1.89. The third kappa shape index (κ3) is 3.97. The van der Waals surface area contributed by atoms with E-state index in [1.165, 1.54) is 17.5 Å². The first-order valence-corrected chi connectivity index (χ1v) is 8.26. The Morgan fingerprint density at radius 1 is 1.20 bits per heavy atom. The van der Waals surface area contributed by atoms with Crippen molar-refractivity contribution in [1.29, 1.82) is 5.26 Å². The van der Waals surface area contributed by atoms with Crippen molar-refractivity contribution in [1.82, 2.24) is 15.0 Å². The van der Waals surface area contributed by atoms with E-state index in [4.69, 9.17) is 5.26 Å². The van der Waals surface area contributed by atoms with E-state index in [1.807, 2.05) is 25.3 Å². The Morgan fingerprint density at radius 3 is 2.76 bits per heavy atom. The summed E-state index contributed by atoms with van der Waals surface area (Å²) >= 11 is 1.35. The zero-order chi connectivity index (χ0) is 17.8. The Hall–Kier alpha value is -3.31. The molecule has 0 bridgehead atoms. The highest BCUT2D eigenvalue weighted by molar-refractivity contribution is 7.13. The van der Waals surface area contributed by atoms with E-state index in [2.05, 4.69) is 25.6 Å². The molecule has 1 amide bonds. The fraction of sp³-hybridized carbons (Fsp3) is 0.118. The van der Waals surface area contributed by atoms with Gasteiger partial charge in [-0.15, -0.1) is 11.3 Å². The molecule has 124 valence electrons. The lowest BCUT2D eigenvalue weighted by molar-refractivity contribution is 0.102. The molecule has 0 aliphatic rings. The molecule has 3 rings (SSSR count). The molecular formula is C17H14N6OS. The maximum atomic E-state index is 12.6. The van der Waals surface area contributed by atoms with E-state index >= 15 is 0 Å². The number of thiazole rings is 1. The van der Waals surface area contributed by atoms with Crippen molar-refractivity contribution in [3.8, 4) is 6.07 Å². The number of carbonyl (C=O) groups is 1. The van der Waals surface area contributed by atoms with Crippen molar-refractivity contribution < 1.29 is 4.79 Å². The number of nitriles is 1. The largest absolute Gasteiger partial charge is 0.352 e. The average Bonchev–Trinajstić information content (AvgIpc) is 3.01. The van der Waals surface area contributed by atoms with Gasteiger partial charge >= 0.3 is 0 Å². The number of amides is 1. The molecule has 3 heterocycles. The van der Waals surface area contributed by atoms with Crippen LogP contribution < -0.4 is 10.6 Å². The molecule has 0 saturated heterocycles. The van der Waals surface area contributed by atoms with E-state index in [1.54, 1.807) is 24.4 Å². The average molecular weight is 350 g/mol. The Morgan fingerprint density at radius 2 is 2.04 bits per heavy atom. The van der Waals surface area contributed by atoms with E-state index in [-0.39, 0.29) is 11.6 Å². The fourth-order valence-electron chi connectivity index (χ4n) is 2.12. The minimum Gasteiger partial charge on any atom is -0.352 e. The van der Waals surface area contributed by atoms with Gasteiger partial charge < -0.3 is 5.32 Å². The van der Waals surface area contributed by atoms with Crippen LogP contribution in [0.15, 0.2) is 36.0 Å². The maximum Gasteiger partial charge on any atom is 0.278 e. The molecule has 0 aromatic carbocycles. The second-order valence-electron chi connectivity index (χ2n) is 5.30. The molecule has 8 heteroatoms. The molecule has 0 fully saturated rings. The summed E-state index contributed by atoms with van der Waals surface area (Å²) in [5, 5.41) is 17.2.